The van der Waals surface area contributed by atoms with Gasteiger partial charge in [-0.3, -0.25) is 14.3 Å². The highest BCUT2D eigenvalue weighted by Gasteiger charge is 2.26. The van der Waals surface area contributed by atoms with Crippen molar-refractivity contribution in [3.8, 4) is 5.75 Å². The molecular formula is C23H31N5O4. The smallest absolute Gasteiger partial charge is 0.329 e. The topological polar surface area (TPSA) is 105 Å². The lowest BCUT2D eigenvalue weighted by Crippen LogP contribution is -2.37. The standard InChI is InChI=1S/C23H31N5O4/c1-14-6-5-9-27(11-14)22-24-20-19(21(30)25-23(31)26(20)4)28(22)12-17(29)13-32-18-8-7-15(2)16(3)10-18/h7-8,10,14,17,29H,5-6,9,11-13H2,1-4H3,(H,25,30,31)/t14-,17-/m0/s1. The Morgan fingerprint density at radius 3 is 2.78 bits per heavy atom. The van der Waals surface area contributed by atoms with Crippen molar-refractivity contribution < 1.29 is 9.84 Å². The quantitative estimate of drug-likeness (QED) is 0.603. The van der Waals surface area contributed by atoms with Crippen molar-refractivity contribution in [3.63, 3.8) is 0 Å². The van der Waals surface area contributed by atoms with Crippen LogP contribution in [0.3, 0.4) is 0 Å². The number of fused-ring (bicyclic) bond motifs is 1. The summed E-state index contributed by atoms with van der Waals surface area (Å²) in [6.07, 6.45) is 1.30. The molecule has 1 aromatic carbocycles. The van der Waals surface area contributed by atoms with E-state index in [1.165, 1.54) is 10.1 Å². The Morgan fingerprint density at radius 2 is 2.06 bits per heavy atom. The van der Waals surface area contributed by atoms with Crippen LogP contribution >= 0.6 is 0 Å². The molecule has 172 valence electrons. The summed E-state index contributed by atoms with van der Waals surface area (Å²) in [6, 6.07) is 5.80. The molecular weight excluding hydrogens is 410 g/mol. The molecule has 3 aromatic rings. The summed E-state index contributed by atoms with van der Waals surface area (Å²) < 4.78 is 8.86. The number of imidazole rings is 1. The van der Waals surface area contributed by atoms with Crippen LogP contribution in [0.25, 0.3) is 11.2 Å². The lowest BCUT2D eigenvalue weighted by atomic mass is 10.0. The lowest BCUT2D eigenvalue weighted by molar-refractivity contribution is 0.0935. The van der Waals surface area contributed by atoms with Crippen LogP contribution in [0.15, 0.2) is 27.8 Å². The van der Waals surface area contributed by atoms with Crippen molar-refractivity contribution in [1.82, 2.24) is 19.1 Å². The second kappa shape index (κ2) is 8.82. The number of nitrogens with one attached hydrogen (secondary N) is 1. The maximum absolute atomic E-state index is 12.7. The summed E-state index contributed by atoms with van der Waals surface area (Å²) >= 11 is 0. The Labute approximate surface area is 186 Å². The molecule has 0 saturated carbocycles. The number of aromatic amines is 1. The third-order valence-electron chi connectivity index (χ3n) is 6.24. The van der Waals surface area contributed by atoms with Crippen LogP contribution in [0, 0.1) is 19.8 Å². The van der Waals surface area contributed by atoms with E-state index in [4.69, 9.17) is 4.74 Å². The van der Waals surface area contributed by atoms with E-state index in [0.717, 1.165) is 31.5 Å². The summed E-state index contributed by atoms with van der Waals surface area (Å²) in [5, 5.41) is 10.8. The van der Waals surface area contributed by atoms with Gasteiger partial charge >= 0.3 is 5.69 Å². The van der Waals surface area contributed by atoms with Gasteiger partial charge < -0.3 is 19.3 Å². The average Bonchev–Trinajstić information content (AvgIpc) is 3.13. The summed E-state index contributed by atoms with van der Waals surface area (Å²) in [4.78, 5) is 34.0. The van der Waals surface area contributed by atoms with Gasteiger partial charge in [0.15, 0.2) is 11.2 Å². The number of piperidine rings is 1. The first-order chi connectivity index (χ1) is 15.2. The van der Waals surface area contributed by atoms with Crippen LogP contribution in [0.4, 0.5) is 5.95 Å². The second-order valence-electron chi connectivity index (χ2n) is 8.92. The van der Waals surface area contributed by atoms with Gasteiger partial charge in [-0.05, 0) is 55.9 Å². The first-order valence-corrected chi connectivity index (χ1v) is 11.1. The Kier molecular flexibility index (Phi) is 6.10. The third-order valence-corrected chi connectivity index (χ3v) is 6.24. The lowest BCUT2D eigenvalue weighted by Gasteiger charge is -2.32. The second-order valence-corrected chi connectivity index (χ2v) is 8.92. The van der Waals surface area contributed by atoms with Crippen LogP contribution in [0.5, 0.6) is 5.75 Å². The minimum atomic E-state index is -0.869. The number of anilines is 1. The van der Waals surface area contributed by atoms with Crippen LogP contribution in [0.2, 0.25) is 0 Å². The van der Waals surface area contributed by atoms with Crippen LogP contribution < -0.4 is 20.9 Å². The number of hydrogen-bond acceptors (Lipinski definition) is 6. The summed E-state index contributed by atoms with van der Waals surface area (Å²) in [5.41, 5.74) is 1.87. The molecule has 1 saturated heterocycles. The Hall–Kier alpha value is -3.07. The fraction of sp³-hybridized carbons (Fsp3) is 0.522. The molecule has 2 atom stereocenters. The number of H-pyrrole nitrogens is 1. The van der Waals surface area contributed by atoms with E-state index in [9.17, 15) is 14.7 Å². The van der Waals surface area contributed by atoms with Gasteiger partial charge in [0.05, 0.1) is 6.54 Å². The highest BCUT2D eigenvalue weighted by molar-refractivity contribution is 5.74. The zero-order valence-corrected chi connectivity index (χ0v) is 19.1. The van der Waals surface area contributed by atoms with Crippen molar-refractivity contribution in [1.29, 1.82) is 0 Å². The Bertz CT molecular complexity index is 1240. The van der Waals surface area contributed by atoms with Gasteiger partial charge in [-0.25, -0.2) is 4.79 Å². The number of rotatable bonds is 6. The minimum absolute atomic E-state index is 0.0711. The highest BCUT2D eigenvalue weighted by Crippen LogP contribution is 2.25. The fourth-order valence-corrected chi connectivity index (χ4v) is 4.27. The predicted octanol–water partition coefficient (Wildman–Crippen LogP) is 1.72. The van der Waals surface area contributed by atoms with Crippen molar-refractivity contribution >= 4 is 17.1 Å². The number of aliphatic hydroxyl groups is 1. The largest absolute Gasteiger partial charge is 0.491 e. The molecule has 0 radical (unpaired) electrons. The van der Waals surface area contributed by atoms with Crippen molar-refractivity contribution in [2.75, 3.05) is 24.6 Å². The molecule has 1 aliphatic heterocycles. The van der Waals surface area contributed by atoms with Gasteiger partial charge in [0, 0.05) is 20.1 Å². The molecule has 0 spiro atoms. The zero-order valence-electron chi connectivity index (χ0n) is 19.1. The van der Waals surface area contributed by atoms with Gasteiger partial charge in [-0.15, -0.1) is 0 Å². The van der Waals surface area contributed by atoms with E-state index >= 15 is 0 Å². The molecule has 1 fully saturated rings. The van der Waals surface area contributed by atoms with E-state index in [1.54, 1.807) is 11.6 Å². The predicted molar refractivity (Wildman–Crippen MR) is 124 cm³/mol. The normalized spacial score (nSPS) is 17.7. The number of ether oxygens (including phenoxy) is 1. The number of aryl methyl sites for hydroxylation is 3. The maximum atomic E-state index is 12.7. The molecule has 9 heteroatoms. The number of hydrogen-bond donors (Lipinski definition) is 2. The highest BCUT2D eigenvalue weighted by atomic mass is 16.5. The van der Waals surface area contributed by atoms with Crippen LogP contribution in [0.1, 0.15) is 30.9 Å². The van der Waals surface area contributed by atoms with E-state index in [-0.39, 0.29) is 18.7 Å². The molecule has 2 aromatic heterocycles. The van der Waals surface area contributed by atoms with E-state index in [1.807, 2.05) is 32.0 Å². The number of benzene rings is 1. The first kappa shape index (κ1) is 22.1. The Balaban J connectivity index is 1.65. The number of aromatic nitrogens is 4. The minimum Gasteiger partial charge on any atom is -0.491 e. The summed E-state index contributed by atoms with van der Waals surface area (Å²) in [6.45, 7) is 8.06. The van der Waals surface area contributed by atoms with Crippen LogP contribution in [-0.2, 0) is 13.6 Å². The van der Waals surface area contributed by atoms with E-state index in [2.05, 4.69) is 21.8 Å². The van der Waals surface area contributed by atoms with Gasteiger partial charge in [0.25, 0.3) is 5.56 Å². The molecule has 9 nitrogen and oxygen atoms in total. The summed E-state index contributed by atoms with van der Waals surface area (Å²) in [5.74, 6) is 1.79. The number of nitrogens with zero attached hydrogens (tertiary/aromatic N) is 4. The van der Waals surface area contributed by atoms with Gasteiger partial charge in [-0.1, -0.05) is 13.0 Å². The molecule has 0 aliphatic carbocycles. The molecule has 4 rings (SSSR count). The van der Waals surface area contributed by atoms with Crippen molar-refractivity contribution in [2.24, 2.45) is 13.0 Å². The molecule has 0 amide bonds. The van der Waals surface area contributed by atoms with Gasteiger partial charge in [-0.2, -0.15) is 4.98 Å². The van der Waals surface area contributed by atoms with E-state index in [0.29, 0.717) is 23.3 Å². The monoisotopic (exact) mass is 441 g/mol. The third kappa shape index (κ3) is 4.29. The molecule has 3 heterocycles. The molecule has 2 N–H and O–H groups in total. The molecule has 0 bridgehead atoms. The fourth-order valence-electron chi connectivity index (χ4n) is 4.27. The van der Waals surface area contributed by atoms with Crippen molar-refractivity contribution in [3.05, 3.63) is 50.2 Å². The van der Waals surface area contributed by atoms with Gasteiger partial charge in [0.1, 0.15) is 18.5 Å². The maximum Gasteiger partial charge on any atom is 0.329 e. The molecule has 1 aliphatic rings. The average molecular weight is 442 g/mol. The van der Waals surface area contributed by atoms with Crippen molar-refractivity contribution in [2.45, 2.75) is 46.3 Å². The van der Waals surface area contributed by atoms with E-state index < -0.39 is 17.4 Å². The zero-order chi connectivity index (χ0) is 23.0. The Morgan fingerprint density at radius 1 is 1.28 bits per heavy atom. The molecule has 0 unspecified atom stereocenters. The van der Waals surface area contributed by atoms with Gasteiger partial charge in [0.2, 0.25) is 5.95 Å². The van der Waals surface area contributed by atoms with Crippen LogP contribution in [-0.4, -0.2) is 50.0 Å². The number of aliphatic hydroxyl groups excluding tert-OH is 1. The SMILES string of the molecule is Cc1ccc(OC[C@@H](O)Cn2c(N3CCC[C@H](C)C3)nc3c2c(=O)[nH]c(=O)n3C)cc1C. The molecule has 32 heavy (non-hydrogen) atoms. The summed E-state index contributed by atoms with van der Waals surface area (Å²) in [7, 11) is 1.58. The first-order valence-electron chi connectivity index (χ1n) is 11.1.